The first-order valence-corrected chi connectivity index (χ1v) is 6.93. The lowest BCUT2D eigenvalue weighted by atomic mass is 10.0. The molecule has 0 bridgehead atoms. The molecule has 1 aromatic carbocycles. The fraction of sp³-hybridized carbons (Fsp3) is 0.467. The van der Waals surface area contributed by atoms with E-state index < -0.39 is 30.6 Å². The van der Waals surface area contributed by atoms with E-state index in [2.05, 4.69) is 5.32 Å². The normalized spacial score (nSPS) is 12.7. The Kier molecular flexibility index (Phi) is 6.41. The van der Waals surface area contributed by atoms with Crippen molar-refractivity contribution in [3.05, 3.63) is 29.8 Å². The van der Waals surface area contributed by atoms with Crippen LogP contribution in [0.4, 0.5) is 13.2 Å². The highest BCUT2D eigenvalue weighted by atomic mass is 19.4. The van der Waals surface area contributed by atoms with Gasteiger partial charge < -0.3 is 15.4 Å². The van der Waals surface area contributed by atoms with E-state index in [9.17, 15) is 22.8 Å². The first-order valence-electron chi connectivity index (χ1n) is 6.93. The van der Waals surface area contributed by atoms with E-state index in [4.69, 9.17) is 4.74 Å². The van der Waals surface area contributed by atoms with Gasteiger partial charge in [0.25, 0.3) is 5.91 Å². The molecule has 5 nitrogen and oxygen atoms in total. The Hall–Kier alpha value is -2.25. The molecule has 0 aliphatic rings. The van der Waals surface area contributed by atoms with Crippen molar-refractivity contribution >= 4 is 11.8 Å². The number of amides is 2. The quantitative estimate of drug-likeness (QED) is 0.839. The molecule has 1 aromatic rings. The van der Waals surface area contributed by atoms with E-state index in [1.54, 1.807) is 31.3 Å². The second-order valence-corrected chi connectivity index (χ2v) is 5.26. The summed E-state index contributed by atoms with van der Waals surface area (Å²) in [5.41, 5.74) is 0.278. The monoisotopic (exact) mass is 332 g/mol. The molecule has 0 heterocycles. The molecule has 23 heavy (non-hydrogen) atoms. The molecule has 1 atom stereocenters. The van der Waals surface area contributed by atoms with Crippen LogP contribution in [-0.4, -0.2) is 37.7 Å². The zero-order chi connectivity index (χ0) is 17.6. The summed E-state index contributed by atoms with van der Waals surface area (Å²) in [5.74, 6) is -1.23. The minimum absolute atomic E-state index is 0.278. The fourth-order valence-electron chi connectivity index (χ4n) is 1.80. The number of carbonyl (C=O) groups is 2. The number of methoxy groups -OCH3 is 1. The van der Waals surface area contributed by atoms with Gasteiger partial charge in [0.05, 0.1) is 7.11 Å². The Balaban J connectivity index is 2.74. The van der Waals surface area contributed by atoms with Gasteiger partial charge in [0.15, 0.2) is 0 Å². The first-order chi connectivity index (χ1) is 10.6. The van der Waals surface area contributed by atoms with Gasteiger partial charge in [-0.25, -0.2) is 0 Å². The van der Waals surface area contributed by atoms with Crippen LogP contribution in [0.15, 0.2) is 24.3 Å². The average molecular weight is 332 g/mol. The van der Waals surface area contributed by atoms with Gasteiger partial charge in [0, 0.05) is 5.56 Å². The van der Waals surface area contributed by atoms with E-state index in [0.717, 1.165) is 0 Å². The van der Waals surface area contributed by atoms with E-state index in [-0.39, 0.29) is 11.5 Å². The molecule has 0 unspecified atom stereocenters. The van der Waals surface area contributed by atoms with E-state index in [1.807, 2.05) is 0 Å². The van der Waals surface area contributed by atoms with Crippen molar-refractivity contribution in [2.75, 3.05) is 13.7 Å². The zero-order valence-electron chi connectivity index (χ0n) is 13.0. The van der Waals surface area contributed by atoms with Crippen molar-refractivity contribution < 1.29 is 27.5 Å². The Morgan fingerprint density at radius 2 is 1.74 bits per heavy atom. The highest BCUT2D eigenvalue weighted by Gasteiger charge is 2.31. The predicted molar refractivity (Wildman–Crippen MR) is 78.2 cm³/mol. The number of rotatable bonds is 6. The standard InChI is InChI=1S/C15H19F3N2O3/c1-9(2)12(14(22)19-8-15(16,17)18)20-13(21)10-4-6-11(23-3)7-5-10/h4-7,9,12H,8H2,1-3H3,(H,19,22)(H,20,21)/t12-/m1/s1. The largest absolute Gasteiger partial charge is 0.497 e. The number of halogens is 3. The van der Waals surface area contributed by atoms with Crippen LogP contribution in [0.5, 0.6) is 5.75 Å². The van der Waals surface area contributed by atoms with Crippen molar-refractivity contribution in [3.63, 3.8) is 0 Å². The van der Waals surface area contributed by atoms with Gasteiger partial charge in [-0.2, -0.15) is 13.2 Å². The molecule has 2 amide bonds. The number of carbonyl (C=O) groups excluding carboxylic acids is 2. The lowest BCUT2D eigenvalue weighted by Gasteiger charge is -2.22. The predicted octanol–water partition coefficient (Wildman–Crippen LogP) is 2.13. The summed E-state index contributed by atoms with van der Waals surface area (Å²) in [7, 11) is 1.48. The number of hydrogen-bond acceptors (Lipinski definition) is 3. The van der Waals surface area contributed by atoms with Gasteiger partial charge in [-0.3, -0.25) is 9.59 Å². The van der Waals surface area contributed by atoms with Gasteiger partial charge in [-0.05, 0) is 30.2 Å². The van der Waals surface area contributed by atoms with Crippen molar-refractivity contribution in [2.24, 2.45) is 5.92 Å². The third-order valence-corrected chi connectivity index (χ3v) is 3.05. The summed E-state index contributed by atoms with van der Waals surface area (Å²) in [6, 6.07) is 5.08. The maximum Gasteiger partial charge on any atom is 0.405 e. The van der Waals surface area contributed by atoms with Crippen LogP contribution < -0.4 is 15.4 Å². The van der Waals surface area contributed by atoms with Crippen molar-refractivity contribution in [3.8, 4) is 5.75 Å². The van der Waals surface area contributed by atoms with Gasteiger partial charge in [0.1, 0.15) is 18.3 Å². The van der Waals surface area contributed by atoms with Crippen molar-refractivity contribution in [1.29, 1.82) is 0 Å². The number of nitrogens with one attached hydrogen (secondary N) is 2. The van der Waals surface area contributed by atoms with Gasteiger partial charge in [0.2, 0.25) is 5.91 Å². The molecule has 0 saturated carbocycles. The highest BCUT2D eigenvalue weighted by Crippen LogP contribution is 2.14. The topological polar surface area (TPSA) is 67.4 Å². The molecule has 0 aromatic heterocycles. The van der Waals surface area contributed by atoms with Crippen LogP contribution in [0.25, 0.3) is 0 Å². The smallest absolute Gasteiger partial charge is 0.405 e. The van der Waals surface area contributed by atoms with Crippen molar-refractivity contribution in [1.82, 2.24) is 10.6 Å². The molecule has 0 aliphatic carbocycles. The van der Waals surface area contributed by atoms with Crippen LogP contribution >= 0.6 is 0 Å². The Morgan fingerprint density at radius 3 is 2.17 bits per heavy atom. The summed E-state index contributed by atoms with van der Waals surface area (Å²) in [6.07, 6.45) is -4.50. The summed E-state index contributed by atoms with van der Waals surface area (Å²) < 4.78 is 41.5. The second kappa shape index (κ2) is 7.85. The highest BCUT2D eigenvalue weighted by molar-refractivity contribution is 5.97. The van der Waals surface area contributed by atoms with Crippen LogP contribution in [0.1, 0.15) is 24.2 Å². The number of hydrogen-bond donors (Lipinski definition) is 2. The van der Waals surface area contributed by atoms with E-state index in [0.29, 0.717) is 5.75 Å². The van der Waals surface area contributed by atoms with E-state index >= 15 is 0 Å². The maximum absolute atomic E-state index is 12.2. The Bertz CT molecular complexity index is 542. The molecule has 0 radical (unpaired) electrons. The van der Waals surface area contributed by atoms with Crippen LogP contribution in [0.2, 0.25) is 0 Å². The summed E-state index contributed by atoms with van der Waals surface area (Å²) >= 11 is 0. The zero-order valence-corrected chi connectivity index (χ0v) is 13.0. The average Bonchev–Trinajstić information content (AvgIpc) is 2.49. The van der Waals surface area contributed by atoms with Gasteiger partial charge in [-0.1, -0.05) is 13.8 Å². The molecule has 8 heteroatoms. The molecular formula is C15H19F3N2O3. The molecule has 0 aliphatic heterocycles. The summed E-state index contributed by atoms with van der Waals surface area (Å²) in [6.45, 7) is 1.83. The summed E-state index contributed by atoms with van der Waals surface area (Å²) in [5, 5.41) is 4.23. The van der Waals surface area contributed by atoms with Crippen LogP contribution in [0, 0.1) is 5.92 Å². The van der Waals surface area contributed by atoms with Crippen LogP contribution in [0.3, 0.4) is 0 Å². The maximum atomic E-state index is 12.2. The minimum atomic E-state index is -4.50. The molecule has 0 spiro atoms. The molecule has 128 valence electrons. The minimum Gasteiger partial charge on any atom is -0.497 e. The number of alkyl halides is 3. The first kappa shape index (κ1) is 18.8. The van der Waals surface area contributed by atoms with Gasteiger partial charge in [-0.15, -0.1) is 0 Å². The molecule has 2 N–H and O–H groups in total. The molecule has 0 fully saturated rings. The SMILES string of the molecule is COc1ccc(C(=O)N[C@@H](C(=O)NCC(F)(F)F)C(C)C)cc1. The molecule has 1 rings (SSSR count). The summed E-state index contributed by atoms with van der Waals surface area (Å²) in [4.78, 5) is 24.0. The second-order valence-electron chi connectivity index (χ2n) is 5.26. The van der Waals surface area contributed by atoms with Crippen LogP contribution in [-0.2, 0) is 4.79 Å². The lowest BCUT2D eigenvalue weighted by molar-refractivity contribution is -0.140. The van der Waals surface area contributed by atoms with E-state index in [1.165, 1.54) is 19.2 Å². The Morgan fingerprint density at radius 1 is 1.17 bits per heavy atom. The third-order valence-electron chi connectivity index (χ3n) is 3.05. The molecular weight excluding hydrogens is 313 g/mol. The fourth-order valence-corrected chi connectivity index (χ4v) is 1.80. The van der Waals surface area contributed by atoms with Gasteiger partial charge >= 0.3 is 6.18 Å². The number of benzene rings is 1. The Labute approximate surface area is 132 Å². The lowest BCUT2D eigenvalue weighted by Crippen LogP contribution is -2.51. The third kappa shape index (κ3) is 6.17. The number of ether oxygens (including phenoxy) is 1. The van der Waals surface area contributed by atoms with Crippen molar-refractivity contribution in [2.45, 2.75) is 26.1 Å². The molecule has 0 saturated heterocycles.